The third-order valence-corrected chi connectivity index (χ3v) is 6.94. The molecule has 227 valence electrons. The van der Waals surface area contributed by atoms with Crippen molar-refractivity contribution in [2.75, 3.05) is 0 Å². The van der Waals surface area contributed by atoms with Crippen LogP contribution in [-0.4, -0.2) is 9.97 Å². The van der Waals surface area contributed by atoms with Gasteiger partial charge in [-0.05, 0) is 58.0 Å². The summed E-state index contributed by atoms with van der Waals surface area (Å²) in [5.41, 5.74) is 6.79. The topological polar surface area (TPSA) is 25.8 Å². The van der Waals surface area contributed by atoms with E-state index >= 15 is 0 Å². The number of benzene rings is 5. The van der Waals surface area contributed by atoms with Crippen LogP contribution in [0.5, 0.6) is 0 Å². The molecular weight excluding hydrogens is 737 g/mol. The molecular formula is C43H34IrN2-2. The van der Waals surface area contributed by atoms with Gasteiger partial charge >= 0.3 is 0 Å². The first-order valence-corrected chi connectivity index (χ1v) is 14.6. The van der Waals surface area contributed by atoms with Gasteiger partial charge in [-0.25, -0.2) is 0 Å². The van der Waals surface area contributed by atoms with Gasteiger partial charge in [0.1, 0.15) is 0 Å². The fourth-order valence-corrected chi connectivity index (χ4v) is 4.71. The zero-order chi connectivity index (χ0) is 36.8. The molecule has 46 heavy (non-hydrogen) atoms. The average molecular weight is 778 g/mol. The molecule has 2 heterocycles. The molecule has 0 bridgehead atoms. The Hall–Kier alpha value is -4.95. The van der Waals surface area contributed by atoms with Gasteiger partial charge in [0.15, 0.2) is 0 Å². The molecule has 0 aliphatic carbocycles. The third kappa shape index (κ3) is 8.82. The zero-order valence-corrected chi connectivity index (χ0v) is 27.2. The van der Waals surface area contributed by atoms with Crippen molar-refractivity contribution in [2.24, 2.45) is 0 Å². The maximum Gasteiger partial charge on any atom is 0.0366 e. The molecule has 0 aliphatic heterocycles. The maximum atomic E-state index is 8.93. The molecule has 0 saturated carbocycles. The molecule has 0 spiro atoms. The van der Waals surface area contributed by atoms with Gasteiger partial charge in [0.2, 0.25) is 0 Å². The fourth-order valence-electron chi connectivity index (χ4n) is 4.71. The minimum Gasteiger partial charge on any atom is -0.305 e. The van der Waals surface area contributed by atoms with Crippen molar-refractivity contribution >= 4 is 0 Å². The Morgan fingerprint density at radius 3 is 1.91 bits per heavy atom. The summed E-state index contributed by atoms with van der Waals surface area (Å²) in [6, 6.07) is 51.4. The summed E-state index contributed by atoms with van der Waals surface area (Å²) in [4.78, 5) is 8.87. The number of nitrogens with zero attached hydrogens (tertiary/aromatic N) is 2. The van der Waals surface area contributed by atoms with E-state index in [4.69, 9.17) is 9.60 Å². The van der Waals surface area contributed by atoms with Gasteiger partial charge in [-0.2, -0.15) is 0 Å². The van der Waals surface area contributed by atoms with Crippen LogP contribution in [-0.2, 0) is 32.9 Å². The fraction of sp³-hybridized carbons (Fsp3) is 0.0698. The number of rotatable bonds is 7. The molecule has 2 aromatic heterocycles. The first-order chi connectivity index (χ1) is 24.9. The van der Waals surface area contributed by atoms with Gasteiger partial charge in [0, 0.05) is 47.7 Å². The van der Waals surface area contributed by atoms with E-state index in [0.717, 1.165) is 16.8 Å². The summed E-state index contributed by atoms with van der Waals surface area (Å²) in [6.45, 7) is -2.20. The van der Waals surface area contributed by atoms with Crippen LogP contribution < -0.4 is 0 Å². The SMILES string of the molecule is [2H]C([2H])([2H])c1c[c-]c(-c2cc(C([2H])([2H])c3ccccc3)c(-c3ccccc3)cn2)cc1.[2H]C([2H])(c1ccccc1)c1ccnc(-c2[c-]cccc2)c1.[Ir]. The average Bonchev–Trinajstić information content (AvgIpc) is 3.19. The van der Waals surface area contributed by atoms with Crippen LogP contribution in [0.3, 0.4) is 0 Å². The van der Waals surface area contributed by atoms with Crippen LogP contribution in [0.1, 0.15) is 37.4 Å². The van der Waals surface area contributed by atoms with Crippen LogP contribution in [0.15, 0.2) is 164 Å². The molecule has 0 amide bonds. The van der Waals surface area contributed by atoms with Crippen molar-refractivity contribution in [3.63, 3.8) is 0 Å². The number of hydrogen-bond donors (Lipinski definition) is 0. The largest absolute Gasteiger partial charge is 0.305 e. The molecule has 0 N–H and O–H groups in total. The number of pyridine rings is 2. The minimum atomic E-state index is -2.20. The van der Waals surface area contributed by atoms with E-state index < -0.39 is 19.6 Å². The van der Waals surface area contributed by atoms with Gasteiger partial charge < -0.3 is 9.97 Å². The Labute approximate surface area is 296 Å². The third-order valence-electron chi connectivity index (χ3n) is 6.94. The van der Waals surface area contributed by atoms with E-state index in [9.17, 15) is 0 Å². The predicted octanol–water partition coefficient (Wildman–Crippen LogP) is 10.3. The van der Waals surface area contributed by atoms with Crippen LogP contribution >= 0.6 is 0 Å². The second kappa shape index (κ2) is 16.4. The van der Waals surface area contributed by atoms with Crippen LogP contribution in [0.25, 0.3) is 33.6 Å². The standard InChI is InChI=1S/C25H20N.C18H14N.Ir/c1-19-12-14-22(15-13-19)25-17-23(16-20-8-4-2-5-9-20)24(18-26-25)21-10-6-3-7-11-21;1-3-7-15(8-4-1)13-16-11-12-19-18(14-16)17-9-5-2-6-10-17;/h2-14,17-18H,16H2,1H3;1-9,11-12,14H,13H2;/q2*-1;/i1D3,16D2;13D2;. The second-order valence-corrected chi connectivity index (χ2v) is 10.2. The summed E-state index contributed by atoms with van der Waals surface area (Å²) >= 11 is 0. The summed E-state index contributed by atoms with van der Waals surface area (Å²) in [5.74, 6) is 0. The predicted molar refractivity (Wildman–Crippen MR) is 186 cm³/mol. The van der Waals surface area contributed by atoms with E-state index in [2.05, 4.69) is 22.1 Å². The Bertz CT molecular complexity index is 2210. The quantitative estimate of drug-likeness (QED) is 0.151. The zero-order valence-electron chi connectivity index (χ0n) is 31.8. The molecule has 3 heteroatoms. The van der Waals surface area contributed by atoms with Crippen molar-refractivity contribution in [3.05, 3.63) is 204 Å². The van der Waals surface area contributed by atoms with Gasteiger partial charge in [0.25, 0.3) is 0 Å². The van der Waals surface area contributed by atoms with Crippen LogP contribution in [0.4, 0.5) is 0 Å². The van der Waals surface area contributed by atoms with Crippen molar-refractivity contribution < 1.29 is 29.7 Å². The summed E-state index contributed by atoms with van der Waals surface area (Å²) in [6.07, 6.45) is 0.00897. The van der Waals surface area contributed by atoms with Gasteiger partial charge in [0.05, 0.1) is 0 Å². The van der Waals surface area contributed by atoms with Crippen LogP contribution in [0, 0.1) is 19.0 Å². The minimum absolute atomic E-state index is 0. The first kappa shape index (κ1) is 24.3. The summed E-state index contributed by atoms with van der Waals surface area (Å²) < 4.78 is 57.2. The Morgan fingerprint density at radius 2 is 1.26 bits per heavy atom. The van der Waals surface area contributed by atoms with Crippen molar-refractivity contribution in [1.82, 2.24) is 9.97 Å². The second-order valence-electron chi connectivity index (χ2n) is 10.2. The Balaban J connectivity index is 0.000000215. The maximum absolute atomic E-state index is 8.93. The van der Waals surface area contributed by atoms with Crippen molar-refractivity contribution in [1.29, 1.82) is 0 Å². The van der Waals surface area contributed by atoms with Crippen molar-refractivity contribution in [2.45, 2.75) is 19.6 Å². The molecule has 0 atom stereocenters. The molecule has 0 fully saturated rings. The van der Waals surface area contributed by atoms with E-state index in [0.29, 0.717) is 39.1 Å². The van der Waals surface area contributed by atoms with Gasteiger partial charge in [-0.1, -0.05) is 110 Å². The molecule has 5 aromatic carbocycles. The van der Waals surface area contributed by atoms with Crippen molar-refractivity contribution in [3.8, 4) is 33.6 Å². The molecule has 1 radical (unpaired) electrons. The Kier molecular flexibility index (Phi) is 8.66. The van der Waals surface area contributed by atoms with E-state index in [1.165, 1.54) is 12.1 Å². The number of aryl methyl sites for hydroxylation is 1. The van der Waals surface area contributed by atoms with Crippen LogP contribution in [0.2, 0.25) is 0 Å². The molecule has 7 aromatic rings. The molecule has 0 saturated heterocycles. The van der Waals surface area contributed by atoms with E-state index in [1.807, 2.05) is 91.0 Å². The monoisotopic (exact) mass is 778 g/mol. The Morgan fingerprint density at radius 1 is 0.609 bits per heavy atom. The number of aromatic nitrogens is 2. The molecule has 0 aliphatic rings. The summed E-state index contributed by atoms with van der Waals surface area (Å²) in [5, 5.41) is 0. The molecule has 7 rings (SSSR count). The van der Waals surface area contributed by atoms with E-state index in [1.54, 1.807) is 60.9 Å². The van der Waals surface area contributed by atoms with E-state index in [-0.39, 0.29) is 25.7 Å². The van der Waals surface area contributed by atoms with Gasteiger partial charge in [-0.15, -0.1) is 71.3 Å². The molecule has 0 unspecified atom stereocenters. The normalized spacial score (nSPS) is 13.4. The van der Waals surface area contributed by atoms with Gasteiger partial charge in [-0.3, -0.25) is 0 Å². The smallest absolute Gasteiger partial charge is 0.0366 e. The molecule has 2 nitrogen and oxygen atoms in total. The first-order valence-electron chi connectivity index (χ1n) is 18.1. The number of hydrogen-bond acceptors (Lipinski definition) is 2. The summed E-state index contributed by atoms with van der Waals surface area (Å²) in [7, 11) is 0.